The molecule has 9 nitrogen and oxygen atoms in total. The van der Waals surface area contributed by atoms with Crippen molar-refractivity contribution < 1.29 is 9.72 Å². The van der Waals surface area contributed by atoms with Crippen molar-refractivity contribution in [3.05, 3.63) is 47.2 Å². The van der Waals surface area contributed by atoms with E-state index in [1.807, 2.05) is 10.8 Å². The van der Waals surface area contributed by atoms with Crippen LogP contribution in [0.3, 0.4) is 0 Å². The van der Waals surface area contributed by atoms with Crippen LogP contribution in [0.2, 0.25) is 0 Å². The van der Waals surface area contributed by atoms with Gasteiger partial charge in [0, 0.05) is 50.6 Å². The second-order valence-electron chi connectivity index (χ2n) is 6.34. The second-order valence-corrected chi connectivity index (χ2v) is 6.34. The minimum atomic E-state index is -0.458. The predicted molar refractivity (Wildman–Crippen MR) is 95.7 cm³/mol. The molecule has 26 heavy (non-hydrogen) atoms. The van der Waals surface area contributed by atoms with Gasteiger partial charge in [0.05, 0.1) is 11.3 Å². The largest absolute Gasteiger partial charge is 0.357 e. The number of nitrogens with one attached hydrogen (secondary N) is 1. The lowest BCUT2D eigenvalue weighted by Gasteiger charge is -2.32. The monoisotopic (exact) mass is 358 g/mol. The van der Waals surface area contributed by atoms with Crippen LogP contribution < -0.4 is 10.2 Å². The summed E-state index contributed by atoms with van der Waals surface area (Å²) < 4.78 is 1.99. The molecule has 0 unspecified atom stereocenters. The number of aromatic nitrogens is 3. The molecule has 2 aromatic rings. The van der Waals surface area contributed by atoms with Crippen LogP contribution in [0.25, 0.3) is 0 Å². The van der Waals surface area contributed by atoms with Crippen LogP contribution in [0.4, 0.5) is 11.5 Å². The van der Waals surface area contributed by atoms with Crippen LogP contribution in [-0.4, -0.2) is 45.0 Å². The summed E-state index contributed by atoms with van der Waals surface area (Å²) in [6.07, 6.45) is 9.07. The molecule has 0 radical (unpaired) electrons. The first-order valence-corrected chi connectivity index (χ1v) is 8.72. The van der Waals surface area contributed by atoms with Gasteiger partial charge in [-0.1, -0.05) is 0 Å². The van der Waals surface area contributed by atoms with Crippen LogP contribution in [0.5, 0.6) is 0 Å². The summed E-state index contributed by atoms with van der Waals surface area (Å²) in [5.41, 5.74) is -0.0151. The van der Waals surface area contributed by atoms with E-state index >= 15 is 0 Å². The number of anilines is 1. The zero-order chi connectivity index (χ0) is 18.4. The Morgan fingerprint density at radius 1 is 1.35 bits per heavy atom. The summed E-state index contributed by atoms with van der Waals surface area (Å²) in [5.74, 6) is 0.833. The molecule has 3 rings (SSSR count). The van der Waals surface area contributed by atoms with Gasteiger partial charge in [-0.2, -0.15) is 0 Å². The first kappa shape index (κ1) is 17.8. The maximum Gasteiger partial charge on any atom is 0.287 e. The van der Waals surface area contributed by atoms with Crippen molar-refractivity contribution in [2.75, 3.05) is 24.5 Å². The Morgan fingerprint density at radius 3 is 2.77 bits per heavy atom. The number of pyridine rings is 1. The van der Waals surface area contributed by atoms with E-state index in [1.54, 1.807) is 18.6 Å². The minimum absolute atomic E-state index is 0.0116. The molecule has 2 aromatic heterocycles. The lowest BCUT2D eigenvalue weighted by molar-refractivity contribution is -0.385. The quantitative estimate of drug-likeness (QED) is 0.458. The van der Waals surface area contributed by atoms with Gasteiger partial charge in [0.15, 0.2) is 0 Å². The SMILES string of the molecule is O=C(NCCCn1ccnc1)C1CCN(c2ccc([N+](=O)[O-])cn2)CC1. The number of hydrogen-bond acceptors (Lipinski definition) is 6. The van der Waals surface area contributed by atoms with Gasteiger partial charge in [-0.3, -0.25) is 14.9 Å². The second kappa shape index (κ2) is 8.41. The number of amides is 1. The highest BCUT2D eigenvalue weighted by Gasteiger charge is 2.25. The third kappa shape index (κ3) is 4.56. The molecule has 9 heteroatoms. The van der Waals surface area contributed by atoms with E-state index in [1.165, 1.54) is 12.3 Å². The zero-order valence-corrected chi connectivity index (χ0v) is 14.5. The third-order valence-corrected chi connectivity index (χ3v) is 4.58. The number of nitro groups is 1. The average Bonchev–Trinajstić information content (AvgIpc) is 3.19. The molecule has 1 N–H and O–H groups in total. The zero-order valence-electron chi connectivity index (χ0n) is 14.5. The van der Waals surface area contributed by atoms with Gasteiger partial charge in [-0.25, -0.2) is 9.97 Å². The highest BCUT2D eigenvalue weighted by molar-refractivity contribution is 5.78. The van der Waals surface area contributed by atoms with Crippen molar-refractivity contribution >= 4 is 17.4 Å². The highest BCUT2D eigenvalue weighted by atomic mass is 16.6. The molecule has 1 aliphatic rings. The van der Waals surface area contributed by atoms with E-state index in [-0.39, 0.29) is 17.5 Å². The number of rotatable bonds is 7. The van der Waals surface area contributed by atoms with Crippen molar-refractivity contribution in [1.29, 1.82) is 0 Å². The fraction of sp³-hybridized carbons (Fsp3) is 0.471. The molecular formula is C17H22N6O3. The Bertz CT molecular complexity index is 723. The molecule has 0 saturated carbocycles. The predicted octanol–water partition coefficient (Wildman–Crippen LogP) is 1.61. The lowest BCUT2D eigenvalue weighted by atomic mass is 9.96. The minimum Gasteiger partial charge on any atom is -0.357 e. The summed E-state index contributed by atoms with van der Waals surface area (Å²) in [7, 11) is 0. The average molecular weight is 358 g/mol. The van der Waals surface area contributed by atoms with Gasteiger partial charge in [0.2, 0.25) is 5.91 Å². The normalized spacial score (nSPS) is 15.0. The topological polar surface area (TPSA) is 106 Å². The number of nitrogens with zero attached hydrogens (tertiary/aromatic N) is 5. The maximum absolute atomic E-state index is 12.3. The Morgan fingerprint density at radius 2 is 2.15 bits per heavy atom. The molecule has 3 heterocycles. The molecule has 0 spiro atoms. The van der Waals surface area contributed by atoms with E-state index in [4.69, 9.17) is 0 Å². The van der Waals surface area contributed by atoms with E-state index < -0.39 is 4.92 Å². The van der Waals surface area contributed by atoms with Crippen LogP contribution in [0.1, 0.15) is 19.3 Å². The van der Waals surface area contributed by atoms with E-state index in [9.17, 15) is 14.9 Å². The molecule has 1 aliphatic heterocycles. The Kier molecular flexibility index (Phi) is 5.77. The summed E-state index contributed by atoms with van der Waals surface area (Å²) in [4.78, 5) is 32.7. The van der Waals surface area contributed by atoms with Gasteiger partial charge < -0.3 is 14.8 Å². The molecule has 1 fully saturated rings. The smallest absolute Gasteiger partial charge is 0.287 e. The molecule has 0 atom stereocenters. The van der Waals surface area contributed by atoms with Crippen molar-refractivity contribution in [3.8, 4) is 0 Å². The standard InChI is InChI=1S/C17H22N6O3/c24-17(19-6-1-8-21-11-7-18-13-21)14-4-9-22(10-5-14)16-3-2-15(12-20-16)23(25)26/h2-3,7,11-14H,1,4-6,8-10H2,(H,19,24). The number of carbonyl (C=O) groups excluding carboxylic acids is 1. The van der Waals surface area contributed by atoms with Crippen LogP contribution >= 0.6 is 0 Å². The lowest BCUT2D eigenvalue weighted by Crippen LogP contribution is -2.41. The van der Waals surface area contributed by atoms with Crippen LogP contribution in [0.15, 0.2) is 37.1 Å². The van der Waals surface area contributed by atoms with Gasteiger partial charge >= 0.3 is 0 Å². The number of imidazole rings is 1. The maximum atomic E-state index is 12.3. The number of hydrogen-bond donors (Lipinski definition) is 1. The molecular weight excluding hydrogens is 336 g/mol. The summed E-state index contributed by atoms with van der Waals surface area (Å²) >= 11 is 0. The highest BCUT2D eigenvalue weighted by Crippen LogP contribution is 2.23. The number of carbonyl (C=O) groups is 1. The van der Waals surface area contributed by atoms with Crippen LogP contribution in [0, 0.1) is 16.0 Å². The van der Waals surface area contributed by atoms with Crippen LogP contribution in [-0.2, 0) is 11.3 Å². The van der Waals surface area contributed by atoms with Crippen molar-refractivity contribution in [2.45, 2.75) is 25.8 Å². The van der Waals surface area contributed by atoms with Crippen molar-refractivity contribution in [2.24, 2.45) is 5.92 Å². The molecule has 0 bridgehead atoms. The Hall–Kier alpha value is -2.97. The van der Waals surface area contributed by atoms with Gasteiger partial charge in [-0.05, 0) is 25.3 Å². The molecule has 0 aromatic carbocycles. The van der Waals surface area contributed by atoms with Gasteiger partial charge in [-0.15, -0.1) is 0 Å². The summed E-state index contributed by atoms with van der Waals surface area (Å²) in [5, 5.41) is 13.7. The van der Waals surface area contributed by atoms with E-state index in [0.717, 1.165) is 44.7 Å². The third-order valence-electron chi connectivity index (χ3n) is 4.58. The number of aryl methyl sites for hydroxylation is 1. The Labute approximate surface area is 151 Å². The molecule has 1 saturated heterocycles. The Balaban J connectivity index is 1.39. The molecule has 1 amide bonds. The van der Waals surface area contributed by atoms with Crippen molar-refractivity contribution in [3.63, 3.8) is 0 Å². The van der Waals surface area contributed by atoms with E-state index in [2.05, 4.69) is 20.2 Å². The van der Waals surface area contributed by atoms with E-state index in [0.29, 0.717) is 6.54 Å². The first-order valence-electron chi connectivity index (χ1n) is 8.72. The van der Waals surface area contributed by atoms with Gasteiger partial charge in [0.1, 0.15) is 12.0 Å². The fourth-order valence-corrected chi connectivity index (χ4v) is 3.08. The summed E-state index contributed by atoms with van der Waals surface area (Å²) in [6, 6.07) is 3.12. The molecule has 138 valence electrons. The summed E-state index contributed by atoms with van der Waals surface area (Å²) in [6.45, 7) is 2.93. The fourth-order valence-electron chi connectivity index (χ4n) is 3.08. The van der Waals surface area contributed by atoms with Crippen molar-refractivity contribution in [1.82, 2.24) is 19.9 Å². The molecule has 0 aliphatic carbocycles. The van der Waals surface area contributed by atoms with Gasteiger partial charge in [0.25, 0.3) is 5.69 Å². The number of piperidine rings is 1. The first-order chi connectivity index (χ1) is 12.6.